The number of hydrogen-bond donors (Lipinski definition) is 0. The molecule has 2 aromatic rings. The van der Waals surface area contributed by atoms with Gasteiger partial charge in [0.05, 0.1) is 4.83 Å². The molecule has 0 fully saturated rings. The Kier molecular flexibility index (Phi) is 5.52. The van der Waals surface area contributed by atoms with Crippen LogP contribution in [0.15, 0.2) is 54.3 Å². The van der Waals surface area contributed by atoms with Gasteiger partial charge in [-0.2, -0.15) is 0 Å². The molecule has 0 spiro atoms. The molecule has 5 heteroatoms. The molecule has 1 atom stereocenters. The second-order valence-electron chi connectivity index (χ2n) is 3.73. The summed E-state index contributed by atoms with van der Waals surface area (Å²) in [5, 5.41) is 0. The third kappa shape index (κ3) is 3.69. The topological polar surface area (TPSA) is 0 Å². The van der Waals surface area contributed by atoms with Crippen LogP contribution in [-0.4, -0.2) is 0 Å². The van der Waals surface area contributed by atoms with Crippen molar-refractivity contribution in [3.63, 3.8) is 0 Å². The molecule has 0 saturated heterocycles. The van der Waals surface area contributed by atoms with Crippen molar-refractivity contribution >= 4 is 79.6 Å². The van der Waals surface area contributed by atoms with Crippen molar-refractivity contribution in [1.29, 1.82) is 0 Å². The molecule has 0 radical (unpaired) electrons. The van der Waals surface area contributed by atoms with Gasteiger partial charge in [0.15, 0.2) is 0 Å². The molecule has 0 bridgehead atoms. The summed E-state index contributed by atoms with van der Waals surface area (Å²) >= 11 is 17.9. The summed E-state index contributed by atoms with van der Waals surface area (Å²) in [5.41, 5.74) is 2.38. The van der Waals surface area contributed by atoms with E-state index in [1.807, 2.05) is 18.2 Å². The molecule has 18 heavy (non-hydrogen) atoms. The molecule has 0 aliphatic heterocycles. The number of alkyl halides is 1. The molecule has 2 rings (SSSR count). The fourth-order valence-corrected chi connectivity index (χ4v) is 4.74. The van der Waals surface area contributed by atoms with Gasteiger partial charge in [0, 0.05) is 17.9 Å². The van der Waals surface area contributed by atoms with Crippen LogP contribution in [0.3, 0.4) is 0 Å². The Balaban J connectivity index is 2.47. The number of rotatable bonds is 2. The Morgan fingerprint density at radius 3 is 1.94 bits per heavy atom. The molecule has 0 aromatic heterocycles. The minimum Gasteiger partial charge on any atom is -0.0786 e. The first-order chi connectivity index (χ1) is 8.47. The minimum absolute atomic E-state index is 0.137. The van der Waals surface area contributed by atoms with Crippen molar-refractivity contribution in [2.75, 3.05) is 0 Å². The van der Waals surface area contributed by atoms with Gasteiger partial charge in [-0.05, 0) is 47.5 Å². The highest BCUT2D eigenvalue weighted by Gasteiger charge is 2.15. The summed E-state index contributed by atoms with van der Waals surface area (Å²) in [6.07, 6.45) is 0. The lowest BCUT2D eigenvalue weighted by Crippen LogP contribution is -1.94. The monoisotopic (exact) mass is 558 g/mol. The van der Waals surface area contributed by atoms with Crippen molar-refractivity contribution in [3.8, 4) is 0 Å². The fraction of sp³-hybridized carbons (Fsp3) is 0.0769. The molecule has 0 nitrogen and oxygen atoms in total. The first kappa shape index (κ1) is 15.2. The second-order valence-corrected chi connectivity index (χ2v) is 8.25. The summed E-state index contributed by atoms with van der Waals surface area (Å²) < 4.78 is 4.27. The van der Waals surface area contributed by atoms with Crippen molar-refractivity contribution in [2.45, 2.75) is 4.83 Å². The van der Waals surface area contributed by atoms with E-state index in [0.717, 1.165) is 17.9 Å². The van der Waals surface area contributed by atoms with Gasteiger partial charge in [0.25, 0.3) is 0 Å². The number of benzene rings is 2. The first-order valence-electron chi connectivity index (χ1n) is 5.02. The molecule has 0 saturated carbocycles. The largest absolute Gasteiger partial charge is 0.0786 e. The summed E-state index contributed by atoms with van der Waals surface area (Å²) in [7, 11) is 0. The smallest absolute Gasteiger partial charge is 0.0656 e. The van der Waals surface area contributed by atoms with Gasteiger partial charge >= 0.3 is 0 Å². The van der Waals surface area contributed by atoms with Crippen LogP contribution in [0.2, 0.25) is 0 Å². The van der Waals surface area contributed by atoms with Crippen LogP contribution in [0.4, 0.5) is 0 Å². The summed E-state index contributed by atoms with van der Waals surface area (Å²) in [6, 6.07) is 12.4. The van der Waals surface area contributed by atoms with E-state index in [0.29, 0.717) is 0 Å². The quantitative estimate of drug-likeness (QED) is 0.339. The van der Waals surface area contributed by atoms with Crippen molar-refractivity contribution in [1.82, 2.24) is 0 Å². The average Bonchev–Trinajstić information content (AvgIpc) is 2.30. The third-order valence-electron chi connectivity index (χ3n) is 2.41. The lowest BCUT2D eigenvalue weighted by molar-refractivity contribution is 1.15. The van der Waals surface area contributed by atoms with Gasteiger partial charge in [0.1, 0.15) is 0 Å². The van der Waals surface area contributed by atoms with Gasteiger partial charge in [0.2, 0.25) is 0 Å². The summed E-state index contributed by atoms with van der Waals surface area (Å²) in [4.78, 5) is 0.137. The summed E-state index contributed by atoms with van der Waals surface area (Å²) in [5.74, 6) is 0. The molecule has 94 valence electrons. The SMILES string of the molecule is Brc1cc(Br)cc(C(Br)c2cc(Br)ccc2Br)c1. The van der Waals surface area contributed by atoms with Crippen LogP contribution in [-0.2, 0) is 0 Å². The van der Waals surface area contributed by atoms with Crippen molar-refractivity contribution in [2.24, 2.45) is 0 Å². The van der Waals surface area contributed by atoms with E-state index in [1.54, 1.807) is 0 Å². The van der Waals surface area contributed by atoms with Crippen LogP contribution < -0.4 is 0 Å². The predicted molar refractivity (Wildman–Crippen MR) is 94.5 cm³/mol. The lowest BCUT2D eigenvalue weighted by Gasteiger charge is -2.14. The fourth-order valence-electron chi connectivity index (χ4n) is 1.61. The van der Waals surface area contributed by atoms with Crippen LogP contribution >= 0.6 is 79.6 Å². The van der Waals surface area contributed by atoms with Crippen LogP contribution in [0, 0.1) is 0 Å². The zero-order valence-corrected chi connectivity index (χ0v) is 16.9. The van der Waals surface area contributed by atoms with Gasteiger partial charge in [-0.3, -0.25) is 0 Å². The standard InChI is InChI=1S/C13H7Br5/c14-8-1-2-12(17)11(6-8)13(18)7-3-9(15)5-10(16)4-7/h1-6,13H. The van der Waals surface area contributed by atoms with E-state index in [1.165, 1.54) is 11.1 Å². The van der Waals surface area contributed by atoms with Gasteiger partial charge < -0.3 is 0 Å². The minimum atomic E-state index is 0.137. The van der Waals surface area contributed by atoms with Crippen molar-refractivity contribution in [3.05, 3.63) is 65.4 Å². The molecule has 0 amide bonds. The van der Waals surface area contributed by atoms with E-state index in [9.17, 15) is 0 Å². The molecule has 0 heterocycles. The third-order valence-corrected chi connectivity index (χ3v) is 5.56. The van der Waals surface area contributed by atoms with Crippen LogP contribution in [0.5, 0.6) is 0 Å². The van der Waals surface area contributed by atoms with E-state index in [4.69, 9.17) is 0 Å². The van der Waals surface area contributed by atoms with Gasteiger partial charge in [-0.15, -0.1) is 0 Å². The average molecular weight is 563 g/mol. The first-order valence-corrected chi connectivity index (χ1v) is 9.11. The molecule has 0 aliphatic carbocycles. The molecular formula is C13H7Br5. The predicted octanol–water partition coefficient (Wildman–Crippen LogP) is 7.22. The maximum absolute atomic E-state index is 3.75. The molecule has 0 aliphatic rings. The van der Waals surface area contributed by atoms with E-state index >= 15 is 0 Å². The number of halogens is 5. The van der Waals surface area contributed by atoms with E-state index in [-0.39, 0.29) is 4.83 Å². The normalized spacial score (nSPS) is 12.5. The van der Waals surface area contributed by atoms with Gasteiger partial charge in [-0.25, -0.2) is 0 Å². The molecular weight excluding hydrogens is 556 g/mol. The Labute approximate surface area is 148 Å². The number of hydrogen-bond acceptors (Lipinski definition) is 0. The Hall–Kier alpha value is 0.840. The van der Waals surface area contributed by atoms with Crippen LogP contribution in [0.25, 0.3) is 0 Å². The van der Waals surface area contributed by atoms with Crippen LogP contribution in [0.1, 0.15) is 16.0 Å². The van der Waals surface area contributed by atoms with E-state index < -0.39 is 0 Å². The Morgan fingerprint density at radius 1 is 0.722 bits per heavy atom. The zero-order valence-electron chi connectivity index (χ0n) is 8.93. The van der Waals surface area contributed by atoms with Gasteiger partial charge in [-0.1, -0.05) is 79.6 Å². The van der Waals surface area contributed by atoms with E-state index in [2.05, 4.69) is 97.8 Å². The molecule has 0 N–H and O–H groups in total. The molecule has 1 unspecified atom stereocenters. The Bertz CT molecular complexity index is 559. The highest BCUT2D eigenvalue weighted by atomic mass is 79.9. The highest BCUT2D eigenvalue weighted by molar-refractivity contribution is 9.11. The maximum Gasteiger partial charge on any atom is 0.0656 e. The Morgan fingerprint density at radius 2 is 1.33 bits per heavy atom. The molecule has 2 aromatic carbocycles. The summed E-state index contributed by atoms with van der Waals surface area (Å²) in [6.45, 7) is 0. The lowest BCUT2D eigenvalue weighted by atomic mass is 10.1. The highest BCUT2D eigenvalue weighted by Crippen LogP contribution is 2.38. The maximum atomic E-state index is 3.75. The second kappa shape index (κ2) is 6.53. The van der Waals surface area contributed by atoms with Crippen molar-refractivity contribution < 1.29 is 0 Å². The zero-order chi connectivity index (χ0) is 13.3.